The molecule has 55 heavy (non-hydrogen) atoms. The third kappa shape index (κ3) is 5.22. The van der Waals surface area contributed by atoms with E-state index in [1.807, 2.05) is 0 Å². The SMILES string of the molecule is CC1(C)c2ccccc2-c2ccc(N(c3ccc(-c4cccc5c4C(C)(C)c4ccccc4-5)cc3)c3cc(-c4ccccc4)ccc3-c3ccccc3)cc21. The molecule has 0 spiro atoms. The standard InChI is InChI=1S/C54H43N/c1-53(2)48-24-13-11-20-44(48)46-33-31-41(35-50(46)53)55(51-34-39(36-16-7-5-8-17-36)28-32-42(51)37-18-9-6-10-19-37)40-29-26-38(27-30-40)43-22-15-23-47-45-21-12-14-25-49(45)54(3,4)52(43)47/h5-35H,1-4H3. The predicted octanol–water partition coefficient (Wildman–Crippen LogP) is 14.8. The predicted molar refractivity (Wildman–Crippen MR) is 233 cm³/mol. The third-order valence-corrected chi connectivity index (χ3v) is 12.3. The van der Waals surface area contributed by atoms with Crippen molar-refractivity contribution in [3.8, 4) is 55.6 Å². The van der Waals surface area contributed by atoms with Gasteiger partial charge in [-0.15, -0.1) is 0 Å². The lowest BCUT2D eigenvalue weighted by Gasteiger charge is -2.30. The van der Waals surface area contributed by atoms with Crippen molar-refractivity contribution in [2.45, 2.75) is 38.5 Å². The van der Waals surface area contributed by atoms with Gasteiger partial charge in [0.05, 0.1) is 5.69 Å². The zero-order chi connectivity index (χ0) is 37.3. The van der Waals surface area contributed by atoms with Crippen LogP contribution in [0, 0.1) is 0 Å². The first kappa shape index (κ1) is 33.2. The van der Waals surface area contributed by atoms with Gasteiger partial charge in [0.15, 0.2) is 0 Å². The summed E-state index contributed by atoms with van der Waals surface area (Å²) in [6, 6.07) is 69.5. The van der Waals surface area contributed by atoms with E-state index in [9.17, 15) is 0 Å². The van der Waals surface area contributed by atoms with Crippen molar-refractivity contribution < 1.29 is 0 Å². The van der Waals surface area contributed by atoms with E-state index >= 15 is 0 Å². The molecule has 1 heteroatoms. The van der Waals surface area contributed by atoms with Crippen molar-refractivity contribution in [1.82, 2.24) is 0 Å². The molecule has 0 amide bonds. The van der Waals surface area contributed by atoms with Gasteiger partial charge >= 0.3 is 0 Å². The van der Waals surface area contributed by atoms with Gasteiger partial charge in [-0.25, -0.2) is 0 Å². The summed E-state index contributed by atoms with van der Waals surface area (Å²) in [5.74, 6) is 0. The Labute approximate surface area is 325 Å². The molecule has 0 N–H and O–H groups in total. The molecule has 264 valence electrons. The summed E-state index contributed by atoms with van der Waals surface area (Å²) in [5, 5.41) is 0. The molecular formula is C54H43N. The lowest BCUT2D eigenvalue weighted by molar-refractivity contribution is 0.660. The van der Waals surface area contributed by atoms with Gasteiger partial charge in [-0.2, -0.15) is 0 Å². The first-order valence-corrected chi connectivity index (χ1v) is 19.4. The summed E-state index contributed by atoms with van der Waals surface area (Å²) in [7, 11) is 0. The van der Waals surface area contributed by atoms with E-state index in [-0.39, 0.29) is 10.8 Å². The second kappa shape index (κ2) is 12.6. The van der Waals surface area contributed by atoms with Crippen LogP contribution >= 0.6 is 0 Å². The molecule has 2 aliphatic rings. The van der Waals surface area contributed by atoms with Crippen LogP contribution in [0.25, 0.3) is 55.6 Å². The molecule has 0 aromatic heterocycles. The minimum Gasteiger partial charge on any atom is -0.310 e. The van der Waals surface area contributed by atoms with Gasteiger partial charge in [-0.3, -0.25) is 0 Å². The molecule has 0 aliphatic heterocycles. The summed E-state index contributed by atoms with van der Waals surface area (Å²) in [4.78, 5) is 2.48. The smallest absolute Gasteiger partial charge is 0.0546 e. The van der Waals surface area contributed by atoms with E-state index in [1.54, 1.807) is 0 Å². The van der Waals surface area contributed by atoms with E-state index in [0.29, 0.717) is 0 Å². The highest BCUT2D eigenvalue weighted by atomic mass is 15.1. The quantitative estimate of drug-likeness (QED) is 0.166. The Hall–Kier alpha value is -6.44. The van der Waals surface area contributed by atoms with Crippen LogP contribution in [0.15, 0.2) is 188 Å². The Bertz CT molecular complexity index is 2740. The number of nitrogens with zero attached hydrogens (tertiary/aromatic N) is 1. The number of anilines is 3. The van der Waals surface area contributed by atoms with Crippen molar-refractivity contribution in [2.75, 3.05) is 4.90 Å². The van der Waals surface area contributed by atoms with Crippen LogP contribution in [0.5, 0.6) is 0 Å². The van der Waals surface area contributed by atoms with Gasteiger partial charge in [0.25, 0.3) is 0 Å². The molecule has 0 atom stereocenters. The summed E-state index contributed by atoms with van der Waals surface area (Å²) in [6.45, 7) is 9.47. The molecule has 0 saturated heterocycles. The fraction of sp³-hybridized carbons (Fsp3) is 0.111. The number of hydrogen-bond acceptors (Lipinski definition) is 1. The van der Waals surface area contributed by atoms with E-state index in [4.69, 9.17) is 0 Å². The molecule has 0 fully saturated rings. The maximum atomic E-state index is 2.48. The van der Waals surface area contributed by atoms with Crippen LogP contribution in [0.3, 0.4) is 0 Å². The molecule has 0 heterocycles. The van der Waals surface area contributed by atoms with E-state index in [2.05, 4.69) is 221 Å². The summed E-state index contributed by atoms with van der Waals surface area (Å²) in [5.41, 5.74) is 21.4. The monoisotopic (exact) mass is 705 g/mol. The van der Waals surface area contributed by atoms with Crippen molar-refractivity contribution >= 4 is 17.1 Å². The number of rotatable bonds is 6. The Kier molecular flexibility index (Phi) is 7.58. The molecule has 0 bridgehead atoms. The van der Waals surface area contributed by atoms with Gasteiger partial charge in [0.1, 0.15) is 0 Å². The minimum atomic E-state index is -0.121. The molecule has 10 rings (SSSR count). The van der Waals surface area contributed by atoms with Crippen LogP contribution < -0.4 is 4.90 Å². The molecule has 0 saturated carbocycles. The van der Waals surface area contributed by atoms with Crippen LogP contribution in [0.4, 0.5) is 17.1 Å². The Morgan fingerprint density at radius 2 is 0.800 bits per heavy atom. The van der Waals surface area contributed by atoms with Crippen molar-refractivity contribution in [2.24, 2.45) is 0 Å². The van der Waals surface area contributed by atoms with Crippen molar-refractivity contribution in [3.63, 3.8) is 0 Å². The van der Waals surface area contributed by atoms with Crippen LogP contribution in [-0.2, 0) is 10.8 Å². The summed E-state index contributed by atoms with van der Waals surface area (Å²) in [6.07, 6.45) is 0. The van der Waals surface area contributed by atoms with Gasteiger partial charge in [-0.05, 0) is 103 Å². The summed E-state index contributed by atoms with van der Waals surface area (Å²) < 4.78 is 0. The fourth-order valence-corrected chi connectivity index (χ4v) is 9.53. The topological polar surface area (TPSA) is 3.24 Å². The highest BCUT2D eigenvalue weighted by Gasteiger charge is 2.38. The van der Waals surface area contributed by atoms with Gasteiger partial charge < -0.3 is 4.90 Å². The normalized spacial score (nSPS) is 14.1. The molecule has 1 nitrogen and oxygen atoms in total. The largest absolute Gasteiger partial charge is 0.310 e. The summed E-state index contributed by atoms with van der Waals surface area (Å²) >= 11 is 0. The third-order valence-electron chi connectivity index (χ3n) is 12.3. The zero-order valence-corrected chi connectivity index (χ0v) is 31.8. The second-order valence-electron chi connectivity index (χ2n) is 16.1. The van der Waals surface area contributed by atoms with Crippen LogP contribution in [0.2, 0.25) is 0 Å². The highest BCUT2D eigenvalue weighted by molar-refractivity contribution is 5.94. The molecule has 0 radical (unpaired) electrons. The molecule has 2 aliphatic carbocycles. The van der Waals surface area contributed by atoms with Crippen molar-refractivity contribution in [1.29, 1.82) is 0 Å². The number of hydrogen-bond donors (Lipinski definition) is 0. The molecular weight excluding hydrogens is 663 g/mol. The molecule has 8 aromatic rings. The number of benzene rings is 8. The lowest BCUT2D eigenvalue weighted by Crippen LogP contribution is -2.17. The Morgan fingerprint density at radius 3 is 1.51 bits per heavy atom. The first-order chi connectivity index (χ1) is 26.8. The fourth-order valence-electron chi connectivity index (χ4n) is 9.53. The first-order valence-electron chi connectivity index (χ1n) is 19.4. The van der Waals surface area contributed by atoms with E-state index in [0.717, 1.165) is 17.1 Å². The average molecular weight is 706 g/mol. The zero-order valence-electron chi connectivity index (χ0n) is 31.8. The average Bonchev–Trinajstić information content (AvgIpc) is 3.61. The number of fused-ring (bicyclic) bond motifs is 6. The van der Waals surface area contributed by atoms with Crippen LogP contribution in [0.1, 0.15) is 49.9 Å². The highest BCUT2D eigenvalue weighted by Crippen LogP contribution is 2.54. The van der Waals surface area contributed by atoms with Gasteiger partial charge in [-0.1, -0.05) is 185 Å². The minimum absolute atomic E-state index is 0.0928. The van der Waals surface area contributed by atoms with Gasteiger partial charge in [0.2, 0.25) is 0 Å². The second-order valence-corrected chi connectivity index (χ2v) is 16.1. The van der Waals surface area contributed by atoms with Crippen LogP contribution in [-0.4, -0.2) is 0 Å². The molecule has 0 unspecified atom stereocenters. The Balaban J connectivity index is 1.17. The van der Waals surface area contributed by atoms with Crippen molar-refractivity contribution in [3.05, 3.63) is 210 Å². The molecule has 8 aromatic carbocycles. The maximum absolute atomic E-state index is 2.48. The van der Waals surface area contributed by atoms with E-state index < -0.39 is 0 Å². The maximum Gasteiger partial charge on any atom is 0.0546 e. The van der Waals surface area contributed by atoms with E-state index in [1.165, 1.54) is 77.9 Å². The Morgan fingerprint density at radius 1 is 0.309 bits per heavy atom. The lowest BCUT2D eigenvalue weighted by atomic mass is 9.79. The van der Waals surface area contributed by atoms with Gasteiger partial charge in [0, 0.05) is 27.8 Å².